The number of phenols is 1. The summed E-state index contributed by atoms with van der Waals surface area (Å²) in [6.45, 7) is 1.43. The lowest BCUT2D eigenvalue weighted by Crippen LogP contribution is -2.38. The number of hydrogen-bond acceptors (Lipinski definition) is 7. The van der Waals surface area contributed by atoms with Gasteiger partial charge in [0.15, 0.2) is 5.82 Å². The number of carbonyl (C=O) groups excluding carboxylic acids is 1. The highest BCUT2D eigenvalue weighted by Gasteiger charge is 2.26. The highest BCUT2D eigenvalue weighted by molar-refractivity contribution is 5.93. The predicted molar refractivity (Wildman–Crippen MR) is 133 cm³/mol. The van der Waals surface area contributed by atoms with Crippen molar-refractivity contribution in [3.63, 3.8) is 0 Å². The number of piperidine rings is 1. The number of nitrogens with one attached hydrogen (secondary N) is 1. The number of benzene rings is 2. The van der Waals surface area contributed by atoms with E-state index < -0.39 is 0 Å². The van der Waals surface area contributed by atoms with Crippen molar-refractivity contribution in [2.24, 2.45) is 5.92 Å². The summed E-state index contributed by atoms with van der Waals surface area (Å²) >= 11 is 0. The molecule has 2 aromatic heterocycles. The molecule has 2 N–H and O–H groups in total. The maximum Gasteiger partial charge on any atom is 0.227 e. The Labute approximate surface area is 203 Å². The SMILES string of the molecule is COc1cc(O)cc(NC(=O)C2CCN(c3ccnc(-c4cccc(-n5cccn5)c4)n3)CC2)c1. The Hall–Kier alpha value is -4.40. The monoisotopic (exact) mass is 470 g/mol. The van der Waals surface area contributed by atoms with Gasteiger partial charge >= 0.3 is 0 Å². The third-order valence-corrected chi connectivity index (χ3v) is 6.10. The topological polar surface area (TPSA) is 105 Å². The molecule has 35 heavy (non-hydrogen) atoms. The molecule has 0 unspecified atom stereocenters. The van der Waals surface area contributed by atoms with Crippen molar-refractivity contribution in [2.75, 3.05) is 30.4 Å². The molecule has 2 aromatic carbocycles. The van der Waals surface area contributed by atoms with Crippen LogP contribution in [0, 0.1) is 5.92 Å². The lowest BCUT2D eigenvalue weighted by Gasteiger charge is -2.32. The molecule has 0 atom stereocenters. The molecule has 0 aliphatic carbocycles. The maximum atomic E-state index is 12.8. The van der Waals surface area contributed by atoms with Crippen molar-refractivity contribution in [3.05, 3.63) is 73.2 Å². The molecule has 0 radical (unpaired) electrons. The molecule has 178 valence electrons. The number of hydrogen-bond donors (Lipinski definition) is 2. The van der Waals surface area contributed by atoms with Gasteiger partial charge in [0.05, 0.1) is 12.8 Å². The average molecular weight is 471 g/mol. The molecule has 0 spiro atoms. The van der Waals surface area contributed by atoms with E-state index >= 15 is 0 Å². The van der Waals surface area contributed by atoms with Crippen LogP contribution in [0.15, 0.2) is 73.2 Å². The number of rotatable bonds is 6. The van der Waals surface area contributed by atoms with Crippen molar-refractivity contribution in [1.29, 1.82) is 0 Å². The summed E-state index contributed by atoms with van der Waals surface area (Å²) in [5.41, 5.74) is 2.38. The van der Waals surface area contributed by atoms with E-state index in [9.17, 15) is 9.90 Å². The number of ether oxygens (including phenoxy) is 1. The first-order valence-corrected chi connectivity index (χ1v) is 11.5. The summed E-state index contributed by atoms with van der Waals surface area (Å²) in [4.78, 5) is 24.3. The fraction of sp³-hybridized carbons (Fsp3) is 0.231. The zero-order valence-corrected chi connectivity index (χ0v) is 19.3. The molecule has 1 amide bonds. The van der Waals surface area contributed by atoms with Crippen LogP contribution in [0.3, 0.4) is 0 Å². The van der Waals surface area contributed by atoms with Gasteiger partial charge in [-0.25, -0.2) is 14.6 Å². The Morgan fingerprint density at radius 3 is 2.71 bits per heavy atom. The Kier molecular flexibility index (Phi) is 6.30. The van der Waals surface area contributed by atoms with Gasteiger partial charge in [0.25, 0.3) is 0 Å². The second kappa shape index (κ2) is 9.84. The Morgan fingerprint density at radius 1 is 1.09 bits per heavy atom. The predicted octanol–water partition coefficient (Wildman–Crippen LogP) is 3.90. The van der Waals surface area contributed by atoms with E-state index in [1.807, 2.05) is 42.6 Å². The van der Waals surface area contributed by atoms with E-state index in [2.05, 4.69) is 20.3 Å². The summed E-state index contributed by atoms with van der Waals surface area (Å²) in [6, 6.07) is 16.4. The quantitative estimate of drug-likeness (QED) is 0.440. The van der Waals surface area contributed by atoms with Crippen molar-refractivity contribution in [3.8, 4) is 28.6 Å². The van der Waals surface area contributed by atoms with Gasteiger partial charge < -0.3 is 20.1 Å². The summed E-state index contributed by atoms with van der Waals surface area (Å²) in [5.74, 6) is 1.85. The number of phenolic OH excluding ortho intramolecular Hbond substituents is 1. The van der Waals surface area contributed by atoms with Crippen LogP contribution in [-0.2, 0) is 4.79 Å². The molecule has 0 saturated carbocycles. The summed E-state index contributed by atoms with van der Waals surface area (Å²) in [5, 5.41) is 17.0. The Morgan fingerprint density at radius 2 is 1.94 bits per heavy atom. The van der Waals surface area contributed by atoms with Crippen LogP contribution in [0.1, 0.15) is 12.8 Å². The molecule has 1 aliphatic rings. The standard InChI is InChI=1S/C26H26N6O3/c1-35-23-16-20(15-22(33)17-23)29-26(34)18-7-12-31(13-8-18)24-6-10-27-25(30-24)19-4-2-5-21(14-19)32-11-3-9-28-32/h2-6,9-11,14-18,33H,7-8,12-13H2,1H3,(H,29,34). The highest BCUT2D eigenvalue weighted by Crippen LogP contribution is 2.28. The van der Waals surface area contributed by atoms with Crippen molar-refractivity contribution < 1.29 is 14.6 Å². The van der Waals surface area contributed by atoms with E-state index in [1.54, 1.807) is 23.1 Å². The average Bonchev–Trinajstić information content (AvgIpc) is 3.44. The lowest BCUT2D eigenvalue weighted by atomic mass is 9.95. The van der Waals surface area contributed by atoms with E-state index in [0.717, 1.165) is 17.1 Å². The van der Waals surface area contributed by atoms with E-state index in [1.165, 1.54) is 19.2 Å². The van der Waals surface area contributed by atoms with Gasteiger partial charge in [0, 0.05) is 67.0 Å². The molecule has 9 heteroatoms. The van der Waals surface area contributed by atoms with Crippen LogP contribution >= 0.6 is 0 Å². The highest BCUT2D eigenvalue weighted by atomic mass is 16.5. The molecule has 9 nitrogen and oxygen atoms in total. The zero-order chi connectivity index (χ0) is 24.2. The van der Waals surface area contributed by atoms with Crippen LogP contribution in [0.2, 0.25) is 0 Å². The minimum Gasteiger partial charge on any atom is -0.508 e. The number of methoxy groups -OCH3 is 1. The minimum atomic E-state index is -0.119. The van der Waals surface area contributed by atoms with Gasteiger partial charge in [-0.2, -0.15) is 5.10 Å². The van der Waals surface area contributed by atoms with Crippen LogP contribution in [0.5, 0.6) is 11.5 Å². The van der Waals surface area contributed by atoms with E-state index in [0.29, 0.717) is 43.2 Å². The number of nitrogens with zero attached hydrogens (tertiary/aromatic N) is 5. The first kappa shape index (κ1) is 22.4. The van der Waals surface area contributed by atoms with Gasteiger partial charge in [0.2, 0.25) is 5.91 Å². The number of amides is 1. The number of anilines is 2. The first-order valence-electron chi connectivity index (χ1n) is 11.5. The molecule has 3 heterocycles. The van der Waals surface area contributed by atoms with Gasteiger partial charge in [-0.05, 0) is 37.1 Å². The van der Waals surface area contributed by atoms with Gasteiger partial charge in [-0.15, -0.1) is 0 Å². The van der Waals surface area contributed by atoms with Gasteiger partial charge in [0.1, 0.15) is 17.3 Å². The van der Waals surface area contributed by atoms with Crippen LogP contribution in [-0.4, -0.2) is 51.0 Å². The van der Waals surface area contributed by atoms with Crippen LogP contribution in [0.25, 0.3) is 17.1 Å². The molecule has 0 bridgehead atoms. The van der Waals surface area contributed by atoms with Gasteiger partial charge in [-0.3, -0.25) is 4.79 Å². The molecule has 5 rings (SSSR count). The third-order valence-electron chi connectivity index (χ3n) is 6.10. The van der Waals surface area contributed by atoms with E-state index in [-0.39, 0.29) is 17.6 Å². The molecular weight excluding hydrogens is 444 g/mol. The number of aromatic nitrogens is 4. The number of aromatic hydroxyl groups is 1. The molecule has 4 aromatic rings. The zero-order valence-electron chi connectivity index (χ0n) is 19.3. The molecule has 1 aliphatic heterocycles. The van der Waals surface area contributed by atoms with Gasteiger partial charge in [-0.1, -0.05) is 12.1 Å². The van der Waals surface area contributed by atoms with Crippen LogP contribution in [0.4, 0.5) is 11.5 Å². The number of carbonyl (C=O) groups is 1. The van der Waals surface area contributed by atoms with Crippen LogP contribution < -0.4 is 15.0 Å². The van der Waals surface area contributed by atoms with Crippen molar-refractivity contribution >= 4 is 17.4 Å². The normalized spacial score (nSPS) is 14.0. The Bertz CT molecular complexity index is 1320. The maximum absolute atomic E-state index is 12.8. The largest absolute Gasteiger partial charge is 0.508 e. The fourth-order valence-electron chi connectivity index (χ4n) is 4.26. The summed E-state index contributed by atoms with van der Waals surface area (Å²) in [6.07, 6.45) is 6.82. The third kappa shape index (κ3) is 5.08. The van der Waals surface area contributed by atoms with E-state index in [4.69, 9.17) is 9.72 Å². The second-order valence-electron chi connectivity index (χ2n) is 8.41. The smallest absolute Gasteiger partial charge is 0.227 e. The van der Waals surface area contributed by atoms with Crippen molar-refractivity contribution in [1.82, 2.24) is 19.7 Å². The van der Waals surface area contributed by atoms with Crippen molar-refractivity contribution in [2.45, 2.75) is 12.8 Å². The summed E-state index contributed by atoms with van der Waals surface area (Å²) < 4.78 is 6.96. The fourth-order valence-corrected chi connectivity index (χ4v) is 4.26. The molecular formula is C26H26N6O3. The first-order chi connectivity index (χ1) is 17.1. The lowest BCUT2D eigenvalue weighted by molar-refractivity contribution is -0.120. The Balaban J connectivity index is 1.24. The minimum absolute atomic E-state index is 0.0456. The summed E-state index contributed by atoms with van der Waals surface area (Å²) in [7, 11) is 1.52. The second-order valence-corrected chi connectivity index (χ2v) is 8.41. The molecule has 1 fully saturated rings. The molecule has 1 saturated heterocycles.